The number of rotatable bonds is 6. The minimum absolute atomic E-state index is 0.231. The Morgan fingerprint density at radius 3 is 2.68 bits per heavy atom. The van der Waals surface area contributed by atoms with Gasteiger partial charge in [-0.05, 0) is 49.1 Å². The Morgan fingerprint density at radius 2 is 1.88 bits per heavy atom. The standard InChI is InChI=1S/C24H20FN7OS/c1-3-34-20-7-5-4-6-18(20)24(33)29-21-12-15(2)30-32(21)23-19-13-28-31(22(19)26-14-27-23)17-10-8-16(25)9-11-17/h4-14H,3H2,1-2H3,(H,29,33). The van der Waals surface area contributed by atoms with E-state index in [-0.39, 0.29) is 11.7 Å². The van der Waals surface area contributed by atoms with Crippen molar-refractivity contribution >= 4 is 34.5 Å². The summed E-state index contributed by atoms with van der Waals surface area (Å²) >= 11 is 1.61. The number of nitrogens with one attached hydrogen (secondary N) is 1. The molecule has 3 heterocycles. The molecule has 0 aliphatic rings. The molecule has 0 spiro atoms. The number of hydrogen-bond acceptors (Lipinski definition) is 6. The maximum Gasteiger partial charge on any atom is 0.257 e. The summed E-state index contributed by atoms with van der Waals surface area (Å²) in [4.78, 5) is 22.8. The van der Waals surface area contributed by atoms with E-state index < -0.39 is 0 Å². The highest BCUT2D eigenvalue weighted by atomic mass is 32.2. The first kappa shape index (κ1) is 21.8. The van der Waals surface area contributed by atoms with Crippen molar-refractivity contribution in [2.45, 2.75) is 18.7 Å². The molecule has 5 rings (SSSR count). The maximum absolute atomic E-state index is 13.4. The highest BCUT2D eigenvalue weighted by Gasteiger charge is 2.19. The molecule has 10 heteroatoms. The second-order valence-electron chi connectivity index (χ2n) is 7.43. The molecular weight excluding hydrogens is 453 g/mol. The van der Waals surface area contributed by atoms with E-state index in [1.54, 1.807) is 51.6 Å². The molecule has 0 saturated carbocycles. The lowest BCUT2D eigenvalue weighted by Crippen LogP contribution is -2.16. The number of fused-ring (bicyclic) bond motifs is 1. The molecule has 8 nitrogen and oxygen atoms in total. The first-order valence-corrected chi connectivity index (χ1v) is 11.6. The zero-order valence-electron chi connectivity index (χ0n) is 18.4. The van der Waals surface area contributed by atoms with Gasteiger partial charge in [0.2, 0.25) is 0 Å². The molecule has 1 N–H and O–H groups in total. The molecule has 0 aliphatic heterocycles. The number of thioether (sulfide) groups is 1. The van der Waals surface area contributed by atoms with E-state index in [2.05, 4.69) is 25.5 Å². The number of halogens is 1. The molecule has 0 bridgehead atoms. The van der Waals surface area contributed by atoms with Crippen LogP contribution in [0, 0.1) is 12.7 Å². The number of aryl methyl sites for hydroxylation is 1. The van der Waals surface area contributed by atoms with Crippen molar-refractivity contribution in [3.8, 4) is 11.5 Å². The number of carbonyl (C=O) groups excluding carboxylic acids is 1. The monoisotopic (exact) mass is 473 g/mol. The summed E-state index contributed by atoms with van der Waals surface area (Å²) in [6.45, 7) is 3.89. The van der Waals surface area contributed by atoms with Crippen molar-refractivity contribution < 1.29 is 9.18 Å². The summed E-state index contributed by atoms with van der Waals surface area (Å²) in [5, 5.41) is 12.6. The summed E-state index contributed by atoms with van der Waals surface area (Å²) < 4.78 is 16.5. The van der Waals surface area contributed by atoms with Crippen LogP contribution in [-0.2, 0) is 0 Å². The molecule has 34 heavy (non-hydrogen) atoms. The van der Waals surface area contributed by atoms with Crippen LogP contribution in [0.15, 0.2) is 72.0 Å². The molecule has 0 unspecified atom stereocenters. The molecule has 1 amide bonds. The Morgan fingerprint density at radius 1 is 1.09 bits per heavy atom. The molecule has 0 radical (unpaired) electrons. The predicted octanol–water partition coefficient (Wildman–Crippen LogP) is 4.81. The van der Waals surface area contributed by atoms with Crippen LogP contribution in [-0.4, -0.2) is 41.2 Å². The van der Waals surface area contributed by atoms with Crippen LogP contribution in [0.3, 0.4) is 0 Å². The number of amides is 1. The highest BCUT2D eigenvalue weighted by Crippen LogP contribution is 2.26. The molecule has 2 aromatic carbocycles. The van der Waals surface area contributed by atoms with Crippen molar-refractivity contribution in [3.63, 3.8) is 0 Å². The van der Waals surface area contributed by atoms with Crippen LogP contribution in [0.25, 0.3) is 22.5 Å². The summed E-state index contributed by atoms with van der Waals surface area (Å²) in [5.74, 6) is 1.25. The van der Waals surface area contributed by atoms with Crippen LogP contribution in [0.1, 0.15) is 23.0 Å². The summed E-state index contributed by atoms with van der Waals surface area (Å²) in [6.07, 6.45) is 3.04. The zero-order chi connectivity index (χ0) is 23.7. The molecular formula is C24H20FN7OS. The fourth-order valence-electron chi connectivity index (χ4n) is 3.64. The molecule has 170 valence electrons. The first-order valence-electron chi connectivity index (χ1n) is 10.6. The lowest BCUT2D eigenvalue weighted by Gasteiger charge is -2.11. The van der Waals surface area contributed by atoms with Gasteiger partial charge in [-0.15, -0.1) is 11.8 Å². The van der Waals surface area contributed by atoms with Gasteiger partial charge in [-0.25, -0.2) is 19.0 Å². The number of benzene rings is 2. The molecule has 0 saturated heterocycles. The van der Waals surface area contributed by atoms with E-state index >= 15 is 0 Å². The topological polar surface area (TPSA) is 90.5 Å². The average Bonchev–Trinajstić information content (AvgIpc) is 3.43. The third-order valence-corrected chi connectivity index (χ3v) is 6.08. The summed E-state index contributed by atoms with van der Waals surface area (Å²) in [7, 11) is 0. The van der Waals surface area contributed by atoms with Crippen LogP contribution in [0.4, 0.5) is 10.2 Å². The van der Waals surface area contributed by atoms with E-state index in [1.807, 2.05) is 32.0 Å². The minimum Gasteiger partial charge on any atom is -0.306 e. The van der Waals surface area contributed by atoms with Crippen molar-refractivity contribution in [2.75, 3.05) is 11.1 Å². The Bertz CT molecular complexity index is 1490. The van der Waals surface area contributed by atoms with Gasteiger partial charge >= 0.3 is 0 Å². The molecule has 5 aromatic rings. The Labute approximate surface area is 198 Å². The van der Waals surface area contributed by atoms with Crippen molar-refractivity contribution in [1.29, 1.82) is 0 Å². The van der Waals surface area contributed by atoms with Crippen LogP contribution >= 0.6 is 11.8 Å². The van der Waals surface area contributed by atoms with Crippen LogP contribution in [0.2, 0.25) is 0 Å². The third-order valence-electron chi connectivity index (χ3n) is 5.12. The molecule has 3 aromatic heterocycles. The van der Waals surface area contributed by atoms with Gasteiger partial charge in [-0.3, -0.25) is 4.79 Å². The van der Waals surface area contributed by atoms with Crippen molar-refractivity contribution in [3.05, 3.63) is 84.2 Å². The number of aromatic nitrogens is 6. The average molecular weight is 474 g/mol. The lowest BCUT2D eigenvalue weighted by molar-refractivity contribution is 0.102. The van der Waals surface area contributed by atoms with Gasteiger partial charge in [0.05, 0.1) is 28.5 Å². The van der Waals surface area contributed by atoms with Gasteiger partial charge < -0.3 is 5.32 Å². The molecule has 0 aliphatic carbocycles. The first-order chi connectivity index (χ1) is 16.5. The number of anilines is 1. The number of carbonyl (C=O) groups is 1. The largest absolute Gasteiger partial charge is 0.306 e. The normalized spacial score (nSPS) is 11.1. The second-order valence-corrected chi connectivity index (χ2v) is 8.74. The fourth-order valence-corrected chi connectivity index (χ4v) is 4.44. The molecule has 0 atom stereocenters. The quantitative estimate of drug-likeness (QED) is 0.356. The lowest BCUT2D eigenvalue weighted by atomic mass is 10.2. The van der Waals surface area contributed by atoms with Gasteiger partial charge in [0.1, 0.15) is 18.0 Å². The van der Waals surface area contributed by atoms with E-state index in [9.17, 15) is 9.18 Å². The van der Waals surface area contributed by atoms with E-state index in [0.29, 0.717) is 39.6 Å². The highest BCUT2D eigenvalue weighted by molar-refractivity contribution is 7.99. The Hall–Kier alpha value is -4.05. The van der Waals surface area contributed by atoms with Crippen LogP contribution in [0.5, 0.6) is 0 Å². The Kier molecular flexibility index (Phi) is 5.81. The third kappa shape index (κ3) is 4.03. The van der Waals surface area contributed by atoms with Gasteiger partial charge in [0.25, 0.3) is 5.91 Å². The summed E-state index contributed by atoms with van der Waals surface area (Å²) in [5.41, 5.74) is 2.50. The minimum atomic E-state index is -0.332. The number of nitrogens with zero attached hydrogens (tertiary/aromatic N) is 6. The van der Waals surface area contributed by atoms with E-state index in [4.69, 9.17) is 0 Å². The number of hydrogen-bond donors (Lipinski definition) is 1. The second kappa shape index (κ2) is 9.06. The van der Waals surface area contributed by atoms with Gasteiger partial charge in [-0.2, -0.15) is 14.9 Å². The van der Waals surface area contributed by atoms with Crippen molar-refractivity contribution in [1.82, 2.24) is 29.5 Å². The summed E-state index contributed by atoms with van der Waals surface area (Å²) in [6, 6.07) is 15.3. The fraction of sp³-hybridized carbons (Fsp3) is 0.125. The zero-order valence-corrected chi connectivity index (χ0v) is 19.3. The maximum atomic E-state index is 13.4. The predicted molar refractivity (Wildman–Crippen MR) is 129 cm³/mol. The van der Waals surface area contributed by atoms with E-state index in [1.165, 1.54) is 18.5 Å². The smallest absolute Gasteiger partial charge is 0.257 e. The van der Waals surface area contributed by atoms with Gasteiger partial charge in [0, 0.05) is 11.0 Å². The Balaban J connectivity index is 1.54. The SMILES string of the molecule is CCSc1ccccc1C(=O)Nc1cc(C)nn1-c1ncnc2c1cnn2-c1ccc(F)cc1. The van der Waals surface area contributed by atoms with E-state index in [0.717, 1.165) is 10.6 Å². The van der Waals surface area contributed by atoms with Crippen LogP contribution < -0.4 is 5.32 Å². The van der Waals surface area contributed by atoms with Gasteiger partial charge in [0.15, 0.2) is 11.5 Å². The van der Waals surface area contributed by atoms with Crippen molar-refractivity contribution in [2.24, 2.45) is 0 Å². The molecule has 0 fully saturated rings. The van der Waals surface area contributed by atoms with Gasteiger partial charge in [-0.1, -0.05) is 19.1 Å².